The van der Waals surface area contributed by atoms with Crippen molar-refractivity contribution >= 4 is 11.7 Å². The van der Waals surface area contributed by atoms with Gasteiger partial charge in [0, 0.05) is 43.9 Å². The number of nitrogens with one attached hydrogen (secondary N) is 2. The first-order valence-corrected chi connectivity index (χ1v) is 9.48. The van der Waals surface area contributed by atoms with Crippen molar-refractivity contribution in [2.75, 3.05) is 32.1 Å². The molecule has 2 amide bonds. The Kier molecular flexibility index (Phi) is 6.64. The predicted molar refractivity (Wildman–Crippen MR) is 106 cm³/mol. The lowest BCUT2D eigenvalue weighted by atomic mass is 10.1. The molecule has 1 heterocycles. The molecule has 2 aromatic rings. The number of halogens is 3. The zero-order valence-corrected chi connectivity index (χ0v) is 16.5. The second kappa shape index (κ2) is 9.17. The van der Waals surface area contributed by atoms with Crippen LogP contribution in [0.25, 0.3) is 0 Å². The van der Waals surface area contributed by atoms with Crippen LogP contribution in [0.1, 0.15) is 17.5 Å². The maximum atomic E-state index is 13.9. The molecule has 1 atom stereocenters. The van der Waals surface area contributed by atoms with E-state index in [0.29, 0.717) is 37.3 Å². The number of amides is 2. The lowest BCUT2D eigenvalue weighted by Gasteiger charge is -2.20. The van der Waals surface area contributed by atoms with Gasteiger partial charge < -0.3 is 20.4 Å². The number of urea groups is 1. The van der Waals surface area contributed by atoms with E-state index in [1.807, 2.05) is 19.0 Å². The minimum absolute atomic E-state index is 0.142. The third kappa shape index (κ3) is 5.63. The highest BCUT2D eigenvalue weighted by molar-refractivity contribution is 5.74. The van der Waals surface area contributed by atoms with E-state index in [1.165, 1.54) is 18.2 Å². The average Bonchev–Trinajstić information content (AvgIpc) is 3.10. The molecule has 2 N–H and O–H groups in total. The molecule has 0 aromatic heterocycles. The van der Waals surface area contributed by atoms with E-state index in [4.69, 9.17) is 0 Å². The lowest BCUT2D eigenvalue weighted by Crippen LogP contribution is -2.43. The molecular weight excluding hydrogens is 381 g/mol. The summed E-state index contributed by atoms with van der Waals surface area (Å²) in [5, 5.41) is 5.64. The molecule has 0 aliphatic carbocycles. The van der Waals surface area contributed by atoms with Gasteiger partial charge in [-0.2, -0.15) is 0 Å². The third-order valence-corrected chi connectivity index (χ3v) is 4.82. The second-order valence-electron chi connectivity index (χ2n) is 7.52. The Balaban J connectivity index is 1.50. The summed E-state index contributed by atoms with van der Waals surface area (Å²) < 4.78 is 40.8. The van der Waals surface area contributed by atoms with Gasteiger partial charge in [0.25, 0.3) is 0 Å². The maximum absolute atomic E-state index is 13.9. The monoisotopic (exact) mass is 406 g/mol. The molecule has 156 valence electrons. The van der Waals surface area contributed by atoms with Gasteiger partial charge in [-0.15, -0.1) is 0 Å². The quantitative estimate of drug-likeness (QED) is 0.774. The summed E-state index contributed by atoms with van der Waals surface area (Å²) in [7, 11) is 3.72. The van der Waals surface area contributed by atoms with Gasteiger partial charge in [-0.3, -0.25) is 0 Å². The van der Waals surface area contributed by atoms with Gasteiger partial charge in [0.2, 0.25) is 0 Å². The molecule has 1 aliphatic heterocycles. The van der Waals surface area contributed by atoms with Crippen LogP contribution in [0.15, 0.2) is 36.4 Å². The maximum Gasteiger partial charge on any atom is 0.315 e. The minimum atomic E-state index is -0.617. The zero-order chi connectivity index (χ0) is 21.0. The zero-order valence-electron chi connectivity index (χ0n) is 16.5. The fraction of sp³-hybridized carbons (Fsp3) is 0.381. The van der Waals surface area contributed by atoms with Crippen LogP contribution < -0.4 is 15.5 Å². The standard InChI is InChI=1S/C21H25F3N4O/c1-27(2)12-15-9-14(3-5-18(15)23)11-25-21(29)26-17-7-8-28(13-17)20-6-4-16(22)10-19(20)24/h3-6,9-10,17H,7-8,11-13H2,1-2H3,(H2,25,26,29). The van der Waals surface area contributed by atoms with Crippen LogP contribution in [0.3, 0.4) is 0 Å². The summed E-state index contributed by atoms with van der Waals surface area (Å²) in [6.07, 6.45) is 0.660. The van der Waals surface area contributed by atoms with E-state index in [2.05, 4.69) is 10.6 Å². The number of hydrogen-bond acceptors (Lipinski definition) is 3. The summed E-state index contributed by atoms with van der Waals surface area (Å²) in [6, 6.07) is 7.79. The molecule has 8 heteroatoms. The molecule has 0 saturated carbocycles. The van der Waals surface area contributed by atoms with Crippen LogP contribution in [-0.4, -0.2) is 44.2 Å². The molecule has 0 bridgehead atoms. The first-order chi connectivity index (χ1) is 13.8. The second-order valence-corrected chi connectivity index (χ2v) is 7.52. The first kappa shape index (κ1) is 21.0. The first-order valence-electron chi connectivity index (χ1n) is 9.48. The number of nitrogens with zero attached hydrogens (tertiary/aromatic N) is 2. The SMILES string of the molecule is CN(C)Cc1cc(CNC(=O)NC2CCN(c3ccc(F)cc3F)C2)ccc1F. The fourth-order valence-corrected chi connectivity index (χ4v) is 3.45. The van der Waals surface area contributed by atoms with E-state index in [0.717, 1.165) is 11.6 Å². The van der Waals surface area contributed by atoms with Gasteiger partial charge >= 0.3 is 6.03 Å². The lowest BCUT2D eigenvalue weighted by molar-refractivity contribution is 0.237. The van der Waals surface area contributed by atoms with Crippen molar-refractivity contribution in [3.8, 4) is 0 Å². The highest BCUT2D eigenvalue weighted by Gasteiger charge is 2.25. The van der Waals surface area contributed by atoms with E-state index in [-0.39, 0.29) is 24.4 Å². The Morgan fingerprint density at radius 1 is 1.14 bits per heavy atom. The van der Waals surface area contributed by atoms with E-state index in [1.54, 1.807) is 17.0 Å². The van der Waals surface area contributed by atoms with E-state index < -0.39 is 11.6 Å². The summed E-state index contributed by atoms with van der Waals surface area (Å²) >= 11 is 0. The Labute approximate surface area is 168 Å². The molecule has 0 radical (unpaired) electrons. The van der Waals surface area contributed by atoms with Crippen LogP contribution >= 0.6 is 0 Å². The third-order valence-electron chi connectivity index (χ3n) is 4.82. The van der Waals surface area contributed by atoms with Crippen molar-refractivity contribution < 1.29 is 18.0 Å². The van der Waals surface area contributed by atoms with Gasteiger partial charge in [0.05, 0.1) is 5.69 Å². The van der Waals surface area contributed by atoms with Gasteiger partial charge in [0.15, 0.2) is 0 Å². The largest absolute Gasteiger partial charge is 0.367 e. The highest BCUT2D eigenvalue weighted by Crippen LogP contribution is 2.24. The number of benzene rings is 2. The summed E-state index contributed by atoms with van der Waals surface area (Å²) in [5.41, 5.74) is 1.71. The summed E-state index contributed by atoms with van der Waals surface area (Å²) in [6.45, 7) is 1.76. The van der Waals surface area contributed by atoms with Crippen molar-refractivity contribution in [2.24, 2.45) is 0 Å². The molecule has 1 unspecified atom stereocenters. The van der Waals surface area contributed by atoms with Crippen molar-refractivity contribution in [1.82, 2.24) is 15.5 Å². The van der Waals surface area contributed by atoms with Gasteiger partial charge in [-0.1, -0.05) is 6.07 Å². The van der Waals surface area contributed by atoms with E-state index >= 15 is 0 Å². The Morgan fingerprint density at radius 3 is 2.66 bits per heavy atom. The molecule has 1 aliphatic rings. The van der Waals surface area contributed by atoms with Crippen molar-refractivity contribution in [3.63, 3.8) is 0 Å². The molecule has 5 nitrogen and oxygen atoms in total. The Morgan fingerprint density at radius 2 is 1.93 bits per heavy atom. The number of anilines is 1. The Hall–Kier alpha value is -2.74. The predicted octanol–water partition coefficient (Wildman–Crippen LogP) is 3.24. The normalized spacial score (nSPS) is 16.3. The van der Waals surface area contributed by atoms with Gasteiger partial charge in [-0.05, 0) is 50.3 Å². The number of rotatable bonds is 6. The van der Waals surface area contributed by atoms with Crippen LogP contribution in [0, 0.1) is 17.5 Å². The smallest absolute Gasteiger partial charge is 0.315 e. The van der Waals surface area contributed by atoms with E-state index in [9.17, 15) is 18.0 Å². The molecule has 29 heavy (non-hydrogen) atoms. The molecule has 3 rings (SSSR count). The molecule has 1 saturated heterocycles. The fourth-order valence-electron chi connectivity index (χ4n) is 3.45. The van der Waals surface area contributed by atoms with Crippen LogP contribution in [-0.2, 0) is 13.1 Å². The summed E-state index contributed by atoms with van der Waals surface area (Å²) in [4.78, 5) is 15.9. The molecular formula is C21H25F3N4O. The topological polar surface area (TPSA) is 47.6 Å². The number of hydrogen-bond donors (Lipinski definition) is 2. The molecule has 1 fully saturated rings. The average molecular weight is 406 g/mol. The van der Waals surface area contributed by atoms with Gasteiger partial charge in [-0.25, -0.2) is 18.0 Å². The van der Waals surface area contributed by atoms with Crippen LogP contribution in [0.5, 0.6) is 0 Å². The molecule has 2 aromatic carbocycles. The van der Waals surface area contributed by atoms with Crippen molar-refractivity contribution in [1.29, 1.82) is 0 Å². The van der Waals surface area contributed by atoms with Crippen LogP contribution in [0.2, 0.25) is 0 Å². The summed E-state index contributed by atoms with van der Waals surface area (Å²) in [5.74, 6) is -1.50. The molecule has 0 spiro atoms. The van der Waals surface area contributed by atoms with Crippen molar-refractivity contribution in [3.05, 3.63) is 65.0 Å². The minimum Gasteiger partial charge on any atom is -0.367 e. The highest BCUT2D eigenvalue weighted by atomic mass is 19.1. The number of carbonyl (C=O) groups is 1. The number of carbonyl (C=O) groups excluding carboxylic acids is 1. The Bertz CT molecular complexity index is 875. The van der Waals surface area contributed by atoms with Crippen molar-refractivity contribution in [2.45, 2.75) is 25.6 Å². The van der Waals surface area contributed by atoms with Gasteiger partial charge in [0.1, 0.15) is 17.5 Å². The van der Waals surface area contributed by atoms with Crippen LogP contribution in [0.4, 0.5) is 23.7 Å².